The summed E-state index contributed by atoms with van der Waals surface area (Å²) in [5, 5.41) is 3.39. The predicted molar refractivity (Wildman–Crippen MR) is 62.8 cm³/mol. The molecular formula is C12H24N2O. The summed E-state index contributed by atoms with van der Waals surface area (Å²) in [6, 6.07) is 0.798. The van der Waals surface area contributed by atoms with Crippen molar-refractivity contribution in [1.82, 2.24) is 10.2 Å². The van der Waals surface area contributed by atoms with Crippen molar-refractivity contribution in [1.29, 1.82) is 0 Å². The number of carbonyl (C=O) groups is 1. The highest BCUT2D eigenvalue weighted by Gasteiger charge is 2.25. The smallest absolute Gasteiger partial charge is 0.222 e. The molecule has 1 aliphatic rings. The summed E-state index contributed by atoms with van der Waals surface area (Å²) in [4.78, 5) is 14.0. The lowest BCUT2D eigenvalue weighted by atomic mass is 10.1. The molecule has 2 unspecified atom stereocenters. The number of nitrogens with one attached hydrogen (secondary N) is 1. The van der Waals surface area contributed by atoms with Crippen molar-refractivity contribution in [2.75, 3.05) is 13.1 Å². The standard InChI is InChI=1S/C12H24N2O/c1-4-5-6-7-12(15)14-9-10(2)13-8-11(14)3/h10-11,13H,4-9H2,1-3H3. The summed E-state index contributed by atoms with van der Waals surface area (Å²) < 4.78 is 0. The van der Waals surface area contributed by atoms with Crippen molar-refractivity contribution < 1.29 is 4.79 Å². The molecule has 2 atom stereocenters. The van der Waals surface area contributed by atoms with Gasteiger partial charge in [0.25, 0.3) is 0 Å². The molecule has 0 aliphatic carbocycles. The Morgan fingerprint density at radius 3 is 2.80 bits per heavy atom. The lowest BCUT2D eigenvalue weighted by Gasteiger charge is -2.37. The van der Waals surface area contributed by atoms with Crippen molar-refractivity contribution in [3.8, 4) is 0 Å². The Hall–Kier alpha value is -0.570. The van der Waals surface area contributed by atoms with Crippen molar-refractivity contribution in [3.05, 3.63) is 0 Å². The number of rotatable bonds is 4. The molecule has 0 aromatic rings. The molecule has 0 bridgehead atoms. The Balaban J connectivity index is 2.35. The van der Waals surface area contributed by atoms with Crippen molar-refractivity contribution in [2.45, 2.75) is 58.5 Å². The van der Waals surface area contributed by atoms with Gasteiger partial charge in [-0.2, -0.15) is 0 Å². The summed E-state index contributed by atoms with van der Waals surface area (Å²) in [7, 11) is 0. The minimum Gasteiger partial charge on any atom is -0.337 e. The second kappa shape index (κ2) is 6.11. The first-order valence-electron chi connectivity index (χ1n) is 6.18. The molecule has 0 saturated carbocycles. The normalized spacial score (nSPS) is 26.7. The van der Waals surface area contributed by atoms with Gasteiger partial charge in [0, 0.05) is 31.6 Å². The third kappa shape index (κ3) is 3.82. The first kappa shape index (κ1) is 12.5. The van der Waals surface area contributed by atoms with Crippen LogP contribution in [0.5, 0.6) is 0 Å². The van der Waals surface area contributed by atoms with E-state index in [0.29, 0.717) is 18.0 Å². The van der Waals surface area contributed by atoms with Crippen molar-refractivity contribution in [3.63, 3.8) is 0 Å². The van der Waals surface area contributed by atoms with Crippen LogP contribution in [0.15, 0.2) is 0 Å². The number of hydrogen-bond donors (Lipinski definition) is 1. The zero-order valence-electron chi connectivity index (χ0n) is 10.3. The van der Waals surface area contributed by atoms with Crippen LogP contribution in [0.1, 0.15) is 46.5 Å². The molecule has 15 heavy (non-hydrogen) atoms. The molecule has 88 valence electrons. The fourth-order valence-corrected chi connectivity index (χ4v) is 2.04. The zero-order chi connectivity index (χ0) is 11.3. The van der Waals surface area contributed by atoms with Gasteiger partial charge in [-0.05, 0) is 20.3 Å². The number of carbonyl (C=O) groups excluding carboxylic acids is 1. The van der Waals surface area contributed by atoms with E-state index in [-0.39, 0.29) is 0 Å². The maximum atomic E-state index is 11.9. The van der Waals surface area contributed by atoms with Crippen molar-refractivity contribution >= 4 is 5.91 Å². The molecule has 1 heterocycles. The number of unbranched alkanes of at least 4 members (excludes halogenated alkanes) is 2. The molecule has 1 N–H and O–H groups in total. The van der Waals surface area contributed by atoms with Gasteiger partial charge in [-0.25, -0.2) is 0 Å². The maximum absolute atomic E-state index is 11.9. The van der Waals surface area contributed by atoms with Crippen LogP contribution in [0.2, 0.25) is 0 Å². The highest BCUT2D eigenvalue weighted by molar-refractivity contribution is 5.76. The summed E-state index contributed by atoms with van der Waals surface area (Å²) in [5.74, 6) is 0.337. The van der Waals surface area contributed by atoms with Gasteiger partial charge in [-0.1, -0.05) is 19.8 Å². The van der Waals surface area contributed by atoms with Crippen LogP contribution in [0, 0.1) is 0 Å². The summed E-state index contributed by atoms with van der Waals surface area (Å²) in [6.07, 6.45) is 4.12. The number of amides is 1. The molecule has 3 heteroatoms. The second-order valence-corrected chi connectivity index (χ2v) is 4.66. The lowest BCUT2D eigenvalue weighted by Crippen LogP contribution is -2.56. The van der Waals surface area contributed by atoms with Crippen LogP contribution in [-0.2, 0) is 4.79 Å². The van der Waals surface area contributed by atoms with E-state index < -0.39 is 0 Å². The molecule has 0 spiro atoms. The monoisotopic (exact) mass is 212 g/mol. The van der Waals surface area contributed by atoms with E-state index >= 15 is 0 Å². The van der Waals surface area contributed by atoms with E-state index in [4.69, 9.17) is 0 Å². The molecule has 1 amide bonds. The van der Waals surface area contributed by atoms with E-state index in [9.17, 15) is 4.79 Å². The lowest BCUT2D eigenvalue weighted by molar-refractivity contribution is -0.134. The Kier molecular flexibility index (Phi) is 5.09. The number of piperazine rings is 1. The van der Waals surface area contributed by atoms with E-state index in [0.717, 1.165) is 25.9 Å². The molecule has 0 aromatic carbocycles. The molecule has 1 saturated heterocycles. The Morgan fingerprint density at radius 2 is 2.13 bits per heavy atom. The Morgan fingerprint density at radius 1 is 1.40 bits per heavy atom. The highest BCUT2D eigenvalue weighted by Crippen LogP contribution is 2.10. The molecule has 1 rings (SSSR count). The second-order valence-electron chi connectivity index (χ2n) is 4.66. The molecule has 0 radical (unpaired) electrons. The average Bonchev–Trinajstić information content (AvgIpc) is 2.22. The van der Waals surface area contributed by atoms with E-state index in [1.54, 1.807) is 0 Å². The molecule has 0 aromatic heterocycles. The van der Waals surface area contributed by atoms with Gasteiger partial charge >= 0.3 is 0 Å². The summed E-state index contributed by atoms with van der Waals surface area (Å²) in [5.41, 5.74) is 0. The first-order chi connectivity index (χ1) is 7.15. The summed E-state index contributed by atoms with van der Waals surface area (Å²) >= 11 is 0. The zero-order valence-corrected chi connectivity index (χ0v) is 10.3. The minimum absolute atomic E-state index is 0.337. The Bertz CT molecular complexity index is 206. The van der Waals surface area contributed by atoms with Gasteiger partial charge in [-0.3, -0.25) is 4.79 Å². The molecular weight excluding hydrogens is 188 g/mol. The van der Waals surface area contributed by atoms with Crippen LogP contribution in [0.25, 0.3) is 0 Å². The number of hydrogen-bond acceptors (Lipinski definition) is 2. The van der Waals surface area contributed by atoms with Gasteiger partial charge in [0.1, 0.15) is 0 Å². The number of nitrogens with zero attached hydrogens (tertiary/aromatic N) is 1. The molecule has 1 aliphatic heterocycles. The van der Waals surface area contributed by atoms with Gasteiger partial charge in [0.05, 0.1) is 0 Å². The van der Waals surface area contributed by atoms with Crippen LogP contribution in [-0.4, -0.2) is 36.0 Å². The van der Waals surface area contributed by atoms with Gasteiger partial charge < -0.3 is 10.2 Å². The van der Waals surface area contributed by atoms with Crippen LogP contribution >= 0.6 is 0 Å². The predicted octanol–water partition coefficient (Wildman–Crippen LogP) is 1.78. The Labute approximate surface area is 93.2 Å². The highest BCUT2D eigenvalue weighted by atomic mass is 16.2. The fraction of sp³-hybridized carbons (Fsp3) is 0.917. The van der Waals surface area contributed by atoms with Crippen LogP contribution < -0.4 is 5.32 Å². The minimum atomic E-state index is 0.337. The van der Waals surface area contributed by atoms with E-state index in [2.05, 4.69) is 26.1 Å². The SMILES string of the molecule is CCCCCC(=O)N1CC(C)NCC1C. The topological polar surface area (TPSA) is 32.3 Å². The van der Waals surface area contributed by atoms with Gasteiger partial charge in [-0.15, -0.1) is 0 Å². The van der Waals surface area contributed by atoms with Crippen molar-refractivity contribution in [2.24, 2.45) is 0 Å². The van der Waals surface area contributed by atoms with E-state index in [1.165, 1.54) is 12.8 Å². The molecule has 1 fully saturated rings. The third-order valence-corrected chi connectivity index (χ3v) is 3.08. The quantitative estimate of drug-likeness (QED) is 0.720. The fourth-order valence-electron chi connectivity index (χ4n) is 2.04. The molecule has 3 nitrogen and oxygen atoms in total. The van der Waals surface area contributed by atoms with Crippen LogP contribution in [0.4, 0.5) is 0 Å². The van der Waals surface area contributed by atoms with Gasteiger partial charge in [0.15, 0.2) is 0 Å². The van der Waals surface area contributed by atoms with Crippen LogP contribution in [0.3, 0.4) is 0 Å². The maximum Gasteiger partial charge on any atom is 0.222 e. The van der Waals surface area contributed by atoms with Gasteiger partial charge in [0.2, 0.25) is 5.91 Å². The largest absolute Gasteiger partial charge is 0.337 e. The third-order valence-electron chi connectivity index (χ3n) is 3.08. The average molecular weight is 212 g/mol. The van der Waals surface area contributed by atoms with E-state index in [1.807, 2.05) is 4.90 Å². The first-order valence-corrected chi connectivity index (χ1v) is 6.18. The summed E-state index contributed by atoms with van der Waals surface area (Å²) in [6.45, 7) is 8.22.